The maximum Gasteiger partial charge on any atom is 0.0829 e. The molecule has 2 heterocycles. The van der Waals surface area contributed by atoms with Crippen LogP contribution in [0.1, 0.15) is 34.1 Å². The minimum atomic E-state index is 0.321. The molecule has 0 radical (unpaired) electrons. The summed E-state index contributed by atoms with van der Waals surface area (Å²) < 4.78 is 5.96. The number of hydrogen-bond donors (Lipinski definition) is 1. The first-order valence-electron chi connectivity index (χ1n) is 8.17. The molecule has 2 saturated heterocycles. The van der Waals surface area contributed by atoms with Crippen molar-refractivity contribution in [1.82, 2.24) is 15.1 Å². The second-order valence-electron chi connectivity index (χ2n) is 7.60. The minimum Gasteiger partial charge on any atom is -0.374 e. The third-order valence-electron chi connectivity index (χ3n) is 4.83. The highest BCUT2D eigenvalue weighted by molar-refractivity contribution is 4.92. The summed E-state index contributed by atoms with van der Waals surface area (Å²) in [5.74, 6) is 0. The molecule has 0 aromatic heterocycles. The topological polar surface area (TPSA) is 27.7 Å². The second kappa shape index (κ2) is 6.73. The van der Waals surface area contributed by atoms with Crippen LogP contribution in [0.2, 0.25) is 0 Å². The normalized spacial score (nSPS) is 34.4. The predicted octanol–water partition coefficient (Wildman–Crippen LogP) is 1.42. The maximum absolute atomic E-state index is 5.96. The van der Waals surface area contributed by atoms with E-state index in [1.165, 1.54) is 6.42 Å². The Hall–Kier alpha value is -0.160. The minimum absolute atomic E-state index is 0.321. The van der Waals surface area contributed by atoms with E-state index in [0.29, 0.717) is 23.6 Å². The molecule has 0 spiro atoms. The third-order valence-corrected chi connectivity index (χ3v) is 4.83. The highest BCUT2D eigenvalue weighted by atomic mass is 16.5. The van der Waals surface area contributed by atoms with Gasteiger partial charge in [0.2, 0.25) is 0 Å². The van der Waals surface area contributed by atoms with E-state index in [1.54, 1.807) is 0 Å². The van der Waals surface area contributed by atoms with Crippen molar-refractivity contribution in [2.75, 3.05) is 46.4 Å². The number of rotatable bonds is 3. The summed E-state index contributed by atoms with van der Waals surface area (Å²) in [6.45, 7) is 15.7. The Morgan fingerprint density at radius 2 is 2.00 bits per heavy atom. The SMILES string of the molecule is CCC1CNC(C(C)(C)C)CN1CC1CN(C)CCO1. The van der Waals surface area contributed by atoms with Gasteiger partial charge in [-0.3, -0.25) is 4.90 Å². The van der Waals surface area contributed by atoms with Gasteiger partial charge < -0.3 is 15.0 Å². The zero-order chi connectivity index (χ0) is 14.8. The molecular weight excluding hydrogens is 250 g/mol. The van der Waals surface area contributed by atoms with Crippen molar-refractivity contribution < 1.29 is 4.74 Å². The number of piperazine rings is 1. The fraction of sp³-hybridized carbons (Fsp3) is 1.00. The lowest BCUT2D eigenvalue weighted by atomic mass is 9.84. The van der Waals surface area contributed by atoms with Crippen LogP contribution in [0.3, 0.4) is 0 Å². The van der Waals surface area contributed by atoms with Crippen LogP contribution in [0.4, 0.5) is 0 Å². The van der Waals surface area contributed by atoms with Crippen LogP contribution in [0.25, 0.3) is 0 Å². The standard InChI is InChI=1S/C16H33N3O/c1-6-13-9-17-15(16(2,3)4)12-19(13)11-14-10-18(5)7-8-20-14/h13-15,17H,6-12H2,1-5H3. The molecule has 3 unspecified atom stereocenters. The van der Waals surface area contributed by atoms with E-state index in [2.05, 4.69) is 49.9 Å². The Labute approximate surface area is 124 Å². The number of ether oxygens (including phenoxy) is 1. The zero-order valence-corrected chi connectivity index (χ0v) is 14.0. The van der Waals surface area contributed by atoms with Gasteiger partial charge in [0.15, 0.2) is 0 Å². The van der Waals surface area contributed by atoms with Crippen LogP contribution in [0.5, 0.6) is 0 Å². The van der Waals surface area contributed by atoms with E-state index in [9.17, 15) is 0 Å². The number of nitrogens with zero attached hydrogens (tertiary/aromatic N) is 2. The maximum atomic E-state index is 5.96. The Bertz CT molecular complexity index is 303. The molecule has 0 bridgehead atoms. The van der Waals surface area contributed by atoms with E-state index in [0.717, 1.165) is 39.3 Å². The number of likely N-dealkylation sites (N-methyl/N-ethyl adjacent to an activating group) is 1. The second-order valence-corrected chi connectivity index (χ2v) is 7.60. The smallest absolute Gasteiger partial charge is 0.0829 e. The van der Waals surface area contributed by atoms with Crippen molar-refractivity contribution in [2.24, 2.45) is 5.41 Å². The summed E-state index contributed by atoms with van der Waals surface area (Å²) in [5.41, 5.74) is 0.321. The summed E-state index contributed by atoms with van der Waals surface area (Å²) in [5, 5.41) is 3.74. The molecule has 0 saturated carbocycles. The van der Waals surface area contributed by atoms with Gasteiger partial charge >= 0.3 is 0 Å². The lowest BCUT2D eigenvalue weighted by molar-refractivity contribution is -0.0502. The van der Waals surface area contributed by atoms with Gasteiger partial charge in [-0.1, -0.05) is 27.7 Å². The van der Waals surface area contributed by atoms with Crippen LogP contribution in [0.15, 0.2) is 0 Å². The van der Waals surface area contributed by atoms with Gasteiger partial charge in [-0.2, -0.15) is 0 Å². The highest BCUT2D eigenvalue weighted by Gasteiger charge is 2.34. The fourth-order valence-corrected chi connectivity index (χ4v) is 3.30. The fourth-order valence-electron chi connectivity index (χ4n) is 3.30. The molecule has 4 heteroatoms. The van der Waals surface area contributed by atoms with Crippen LogP contribution < -0.4 is 5.32 Å². The largest absolute Gasteiger partial charge is 0.374 e. The number of nitrogens with one attached hydrogen (secondary N) is 1. The van der Waals surface area contributed by atoms with Gasteiger partial charge in [0.1, 0.15) is 0 Å². The summed E-state index contributed by atoms with van der Waals surface area (Å²) in [7, 11) is 2.20. The van der Waals surface area contributed by atoms with Crippen LogP contribution in [0, 0.1) is 5.41 Å². The lowest BCUT2D eigenvalue weighted by Gasteiger charge is -2.46. The van der Waals surface area contributed by atoms with Gasteiger partial charge in [0.05, 0.1) is 12.7 Å². The van der Waals surface area contributed by atoms with Gasteiger partial charge in [-0.25, -0.2) is 0 Å². The molecule has 0 aromatic carbocycles. The first kappa shape index (κ1) is 16.2. The Kier molecular flexibility index (Phi) is 5.46. The molecule has 0 aliphatic carbocycles. The molecule has 0 aromatic rings. The van der Waals surface area contributed by atoms with E-state index in [1.807, 2.05) is 0 Å². The Morgan fingerprint density at radius 3 is 2.60 bits per heavy atom. The first-order valence-corrected chi connectivity index (χ1v) is 8.17. The monoisotopic (exact) mass is 283 g/mol. The molecule has 4 nitrogen and oxygen atoms in total. The number of hydrogen-bond acceptors (Lipinski definition) is 4. The Morgan fingerprint density at radius 1 is 1.25 bits per heavy atom. The van der Waals surface area contributed by atoms with Crippen LogP contribution in [-0.4, -0.2) is 74.4 Å². The van der Waals surface area contributed by atoms with Crippen molar-refractivity contribution in [3.63, 3.8) is 0 Å². The van der Waals surface area contributed by atoms with E-state index < -0.39 is 0 Å². The van der Waals surface area contributed by atoms with Crippen LogP contribution in [-0.2, 0) is 4.74 Å². The van der Waals surface area contributed by atoms with Crippen molar-refractivity contribution >= 4 is 0 Å². The summed E-state index contributed by atoms with van der Waals surface area (Å²) in [6.07, 6.45) is 1.59. The lowest BCUT2D eigenvalue weighted by Crippen LogP contribution is -2.62. The van der Waals surface area contributed by atoms with Gasteiger partial charge in [0.25, 0.3) is 0 Å². The highest BCUT2D eigenvalue weighted by Crippen LogP contribution is 2.24. The zero-order valence-electron chi connectivity index (χ0n) is 14.0. The van der Waals surface area contributed by atoms with Crippen molar-refractivity contribution in [3.8, 4) is 0 Å². The van der Waals surface area contributed by atoms with E-state index >= 15 is 0 Å². The molecule has 2 aliphatic heterocycles. The van der Waals surface area contributed by atoms with Crippen molar-refractivity contribution in [2.45, 2.75) is 52.3 Å². The summed E-state index contributed by atoms with van der Waals surface area (Å²) >= 11 is 0. The average Bonchev–Trinajstić information content (AvgIpc) is 2.37. The first-order chi connectivity index (χ1) is 9.40. The molecule has 118 valence electrons. The number of morpholine rings is 1. The molecule has 1 N–H and O–H groups in total. The third kappa shape index (κ3) is 4.17. The van der Waals surface area contributed by atoms with Gasteiger partial charge in [-0.15, -0.1) is 0 Å². The molecule has 2 aliphatic rings. The van der Waals surface area contributed by atoms with Crippen molar-refractivity contribution in [1.29, 1.82) is 0 Å². The Balaban J connectivity index is 1.94. The molecule has 3 atom stereocenters. The molecular formula is C16H33N3O. The predicted molar refractivity (Wildman–Crippen MR) is 84.1 cm³/mol. The van der Waals surface area contributed by atoms with Crippen molar-refractivity contribution in [3.05, 3.63) is 0 Å². The molecule has 0 amide bonds. The average molecular weight is 283 g/mol. The van der Waals surface area contributed by atoms with E-state index in [4.69, 9.17) is 4.74 Å². The summed E-state index contributed by atoms with van der Waals surface area (Å²) in [4.78, 5) is 5.05. The van der Waals surface area contributed by atoms with E-state index in [-0.39, 0.29) is 0 Å². The molecule has 20 heavy (non-hydrogen) atoms. The van der Waals surface area contributed by atoms with Gasteiger partial charge in [-0.05, 0) is 18.9 Å². The van der Waals surface area contributed by atoms with Gasteiger partial charge in [0, 0.05) is 44.8 Å². The van der Waals surface area contributed by atoms with Crippen LogP contribution >= 0.6 is 0 Å². The quantitative estimate of drug-likeness (QED) is 0.848. The molecule has 2 rings (SSSR count). The molecule has 2 fully saturated rings. The summed E-state index contributed by atoms with van der Waals surface area (Å²) in [6, 6.07) is 1.23.